The molecule has 0 spiro atoms. The van der Waals surface area contributed by atoms with E-state index in [9.17, 15) is 13.2 Å². The molecule has 7 heteroatoms. The summed E-state index contributed by atoms with van der Waals surface area (Å²) >= 11 is 0. The molecule has 0 saturated carbocycles. The molecule has 1 aromatic carbocycles. The van der Waals surface area contributed by atoms with E-state index in [0.717, 1.165) is 18.4 Å². The molecule has 0 aliphatic carbocycles. The van der Waals surface area contributed by atoms with Gasteiger partial charge >= 0.3 is 0 Å². The molecular formula is C22H34N2O4S. The molecule has 2 aliphatic heterocycles. The highest BCUT2D eigenvalue weighted by atomic mass is 32.2. The Balaban J connectivity index is 1.68. The quantitative estimate of drug-likeness (QED) is 0.705. The lowest BCUT2D eigenvalue weighted by Crippen LogP contribution is -2.53. The number of carbonyl (C=O) groups excluding carboxylic acids is 1. The molecule has 2 aliphatic rings. The van der Waals surface area contributed by atoms with Gasteiger partial charge in [0.25, 0.3) is 0 Å². The zero-order valence-corrected chi connectivity index (χ0v) is 18.7. The SMILES string of the molecule is CCC(=O)N(C1CCOCC1)C1CCN(S(=O)(=O)c2ccc(C(C)C)cc2)CC1. The number of amides is 1. The van der Waals surface area contributed by atoms with Crippen molar-refractivity contribution in [2.75, 3.05) is 26.3 Å². The molecule has 1 aromatic rings. The van der Waals surface area contributed by atoms with Gasteiger partial charge in [-0.15, -0.1) is 0 Å². The van der Waals surface area contributed by atoms with Crippen molar-refractivity contribution >= 4 is 15.9 Å². The van der Waals surface area contributed by atoms with Crippen LogP contribution in [-0.4, -0.2) is 61.9 Å². The molecule has 0 atom stereocenters. The van der Waals surface area contributed by atoms with Crippen LogP contribution in [0.4, 0.5) is 0 Å². The van der Waals surface area contributed by atoms with Gasteiger partial charge in [0.2, 0.25) is 15.9 Å². The van der Waals surface area contributed by atoms with E-state index in [1.807, 2.05) is 24.0 Å². The normalized spacial score (nSPS) is 20.1. The third-order valence-electron chi connectivity index (χ3n) is 6.18. The standard InChI is InChI=1S/C22H34N2O4S/c1-4-22(25)24(20-11-15-28-16-12-20)19-9-13-23(14-10-19)29(26,27)21-7-5-18(6-8-21)17(2)3/h5-8,17,19-20H,4,9-16H2,1-3H3. The van der Waals surface area contributed by atoms with E-state index in [1.165, 1.54) is 0 Å². The van der Waals surface area contributed by atoms with Crippen LogP contribution in [0.2, 0.25) is 0 Å². The summed E-state index contributed by atoms with van der Waals surface area (Å²) in [5.74, 6) is 0.539. The monoisotopic (exact) mass is 422 g/mol. The van der Waals surface area contributed by atoms with Crippen molar-refractivity contribution in [1.29, 1.82) is 0 Å². The molecule has 162 valence electrons. The molecule has 0 bridgehead atoms. The van der Waals surface area contributed by atoms with Crippen LogP contribution in [0.5, 0.6) is 0 Å². The number of sulfonamides is 1. The van der Waals surface area contributed by atoms with Gasteiger partial charge in [0, 0.05) is 44.8 Å². The van der Waals surface area contributed by atoms with E-state index < -0.39 is 10.0 Å². The second kappa shape index (κ2) is 9.58. The maximum absolute atomic E-state index is 13.1. The number of hydrogen-bond acceptors (Lipinski definition) is 4. The second-order valence-electron chi connectivity index (χ2n) is 8.36. The fourth-order valence-corrected chi connectivity index (χ4v) is 5.86. The molecule has 2 heterocycles. The number of ether oxygens (including phenoxy) is 1. The molecule has 0 unspecified atom stereocenters. The average Bonchev–Trinajstić information content (AvgIpc) is 2.75. The van der Waals surface area contributed by atoms with E-state index in [0.29, 0.717) is 56.4 Å². The molecule has 0 aromatic heterocycles. The van der Waals surface area contributed by atoms with Gasteiger partial charge in [0.1, 0.15) is 0 Å². The van der Waals surface area contributed by atoms with Gasteiger partial charge in [0.15, 0.2) is 0 Å². The molecule has 29 heavy (non-hydrogen) atoms. The number of rotatable bonds is 6. The first kappa shape index (κ1) is 22.2. The Bertz CT molecular complexity index is 778. The lowest BCUT2D eigenvalue weighted by molar-refractivity contribution is -0.139. The van der Waals surface area contributed by atoms with E-state index in [4.69, 9.17) is 4.74 Å². The molecule has 0 N–H and O–H groups in total. The van der Waals surface area contributed by atoms with Crippen molar-refractivity contribution in [2.24, 2.45) is 0 Å². The van der Waals surface area contributed by atoms with Crippen molar-refractivity contribution in [3.63, 3.8) is 0 Å². The van der Waals surface area contributed by atoms with E-state index in [2.05, 4.69) is 13.8 Å². The van der Waals surface area contributed by atoms with E-state index in [-0.39, 0.29) is 18.0 Å². The molecular weight excluding hydrogens is 388 g/mol. The second-order valence-corrected chi connectivity index (χ2v) is 10.3. The summed E-state index contributed by atoms with van der Waals surface area (Å²) in [5.41, 5.74) is 1.13. The molecule has 1 amide bonds. The highest BCUT2D eigenvalue weighted by Gasteiger charge is 2.36. The van der Waals surface area contributed by atoms with Gasteiger partial charge in [-0.1, -0.05) is 32.9 Å². The summed E-state index contributed by atoms with van der Waals surface area (Å²) in [6.07, 6.45) is 3.59. The average molecular weight is 423 g/mol. The van der Waals surface area contributed by atoms with Gasteiger partial charge < -0.3 is 9.64 Å². The minimum Gasteiger partial charge on any atom is -0.381 e. The van der Waals surface area contributed by atoms with Gasteiger partial charge in [-0.3, -0.25) is 4.79 Å². The first-order valence-electron chi connectivity index (χ1n) is 10.8. The van der Waals surface area contributed by atoms with E-state index in [1.54, 1.807) is 16.4 Å². The predicted molar refractivity (Wildman–Crippen MR) is 113 cm³/mol. The molecule has 0 radical (unpaired) electrons. The molecule has 2 fully saturated rings. The van der Waals surface area contributed by atoms with Crippen molar-refractivity contribution in [1.82, 2.24) is 9.21 Å². The van der Waals surface area contributed by atoms with Crippen LogP contribution in [0.25, 0.3) is 0 Å². The number of hydrogen-bond donors (Lipinski definition) is 0. The van der Waals surface area contributed by atoms with Crippen LogP contribution < -0.4 is 0 Å². The predicted octanol–water partition coefficient (Wildman–Crippen LogP) is 3.38. The highest BCUT2D eigenvalue weighted by Crippen LogP contribution is 2.28. The van der Waals surface area contributed by atoms with Gasteiger partial charge in [-0.05, 0) is 49.3 Å². The van der Waals surface area contributed by atoms with Crippen molar-refractivity contribution in [3.05, 3.63) is 29.8 Å². The van der Waals surface area contributed by atoms with Crippen LogP contribution in [0.3, 0.4) is 0 Å². The minimum absolute atomic E-state index is 0.111. The Morgan fingerprint density at radius 3 is 2.14 bits per heavy atom. The first-order valence-corrected chi connectivity index (χ1v) is 12.3. The Morgan fingerprint density at radius 1 is 1.07 bits per heavy atom. The number of piperidine rings is 1. The third-order valence-corrected chi connectivity index (χ3v) is 8.09. The van der Waals surface area contributed by atoms with Crippen LogP contribution in [0, 0.1) is 0 Å². The maximum atomic E-state index is 13.1. The Labute approximate surface area is 175 Å². The molecule has 3 rings (SSSR count). The van der Waals surface area contributed by atoms with Crippen LogP contribution in [0.15, 0.2) is 29.2 Å². The van der Waals surface area contributed by atoms with Crippen LogP contribution in [0.1, 0.15) is 64.4 Å². The third kappa shape index (κ3) is 5.01. The zero-order valence-electron chi connectivity index (χ0n) is 17.8. The van der Waals surface area contributed by atoms with Crippen molar-refractivity contribution < 1.29 is 17.9 Å². The largest absolute Gasteiger partial charge is 0.381 e. The summed E-state index contributed by atoms with van der Waals surface area (Å²) < 4.78 is 33.2. The number of nitrogens with zero attached hydrogens (tertiary/aromatic N) is 2. The number of carbonyl (C=O) groups is 1. The first-order chi connectivity index (χ1) is 13.8. The zero-order chi connectivity index (χ0) is 21.0. The molecule has 6 nitrogen and oxygen atoms in total. The fourth-order valence-electron chi connectivity index (χ4n) is 4.39. The van der Waals surface area contributed by atoms with Crippen LogP contribution in [-0.2, 0) is 19.6 Å². The van der Waals surface area contributed by atoms with Gasteiger partial charge in [0.05, 0.1) is 4.90 Å². The summed E-state index contributed by atoms with van der Waals surface area (Å²) in [7, 11) is -3.49. The maximum Gasteiger partial charge on any atom is 0.243 e. The summed E-state index contributed by atoms with van der Waals surface area (Å²) in [6, 6.07) is 7.55. The highest BCUT2D eigenvalue weighted by molar-refractivity contribution is 7.89. The number of benzene rings is 1. The summed E-state index contributed by atoms with van der Waals surface area (Å²) in [4.78, 5) is 15.0. The fraction of sp³-hybridized carbons (Fsp3) is 0.682. The van der Waals surface area contributed by atoms with Gasteiger partial charge in [-0.2, -0.15) is 4.31 Å². The Kier molecular flexibility index (Phi) is 7.35. The Hall–Kier alpha value is -1.44. The smallest absolute Gasteiger partial charge is 0.243 e. The molecule has 2 saturated heterocycles. The summed E-state index contributed by atoms with van der Waals surface area (Å²) in [6.45, 7) is 8.38. The van der Waals surface area contributed by atoms with Crippen molar-refractivity contribution in [3.8, 4) is 0 Å². The Morgan fingerprint density at radius 2 is 1.62 bits per heavy atom. The van der Waals surface area contributed by atoms with Gasteiger partial charge in [-0.25, -0.2) is 8.42 Å². The topological polar surface area (TPSA) is 66.9 Å². The van der Waals surface area contributed by atoms with Crippen molar-refractivity contribution in [2.45, 2.75) is 75.8 Å². The minimum atomic E-state index is -3.49. The van der Waals surface area contributed by atoms with Crippen LogP contribution >= 0.6 is 0 Å². The lowest BCUT2D eigenvalue weighted by Gasteiger charge is -2.43. The lowest BCUT2D eigenvalue weighted by atomic mass is 9.98. The van der Waals surface area contributed by atoms with E-state index >= 15 is 0 Å². The summed E-state index contributed by atoms with van der Waals surface area (Å²) in [5, 5.41) is 0.